The van der Waals surface area contributed by atoms with Gasteiger partial charge in [-0.15, -0.1) is 0 Å². The largest absolute Gasteiger partial charge is 0.494 e. The smallest absolute Gasteiger partial charge is 0.268 e. The average Bonchev–Trinajstić information content (AvgIpc) is 2.94. The number of amides is 1. The summed E-state index contributed by atoms with van der Waals surface area (Å²) >= 11 is 0. The monoisotopic (exact) mass is 276 g/mol. The van der Waals surface area contributed by atoms with Crippen LogP contribution < -0.4 is 20.7 Å². The van der Waals surface area contributed by atoms with Crippen molar-refractivity contribution in [2.45, 2.75) is 13.5 Å². The van der Waals surface area contributed by atoms with E-state index in [2.05, 4.69) is 0 Å². The lowest BCUT2D eigenvalue weighted by atomic mass is 10.3. The van der Waals surface area contributed by atoms with Gasteiger partial charge in [0.05, 0.1) is 12.2 Å². The third kappa shape index (κ3) is 3.52. The number of carbonyl (C=O) groups is 1. The Hall–Kier alpha value is -2.47. The zero-order valence-electron chi connectivity index (χ0n) is 11.1. The van der Waals surface area contributed by atoms with E-state index in [1.165, 1.54) is 6.26 Å². The topological polar surface area (TPSA) is 86.7 Å². The van der Waals surface area contributed by atoms with E-state index < -0.39 is 5.91 Å². The molecule has 106 valence electrons. The summed E-state index contributed by atoms with van der Waals surface area (Å²) < 4.78 is 16.2. The van der Waals surface area contributed by atoms with Gasteiger partial charge in [-0.25, -0.2) is 5.84 Å². The molecule has 0 aliphatic heterocycles. The number of hydrogen-bond acceptors (Lipinski definition) is 5. The summed E-state index contributed by atoms with van der Waals surface area (Å²) in [5.74, 6) is 6.57. The van der Waals surface area contributed by atoms with Crippen LogP contribution in [0.5, 0.6) is 11.5 Å². The minimum atomic E-state index is -0.404. The minimum absolute atomic E-state index is 0.216. The van der Waals surface area contributed by atoms with Crippen molar-refractivity contribution in [2.75, 3.05) is 6.61 Å². The van der Waals surface area contributed by atoms with E-state index in [0.29, 0.717) is 23.7 Å². The second kappa shape index (κ2) is 6.63. The first-order valence-corrected chi connectivity index (χ1v) is 6.17. The number of ether oxygens (including phenoxy) is 2. The van der Waals surface area contributed by atoms with E-state index in [4.69, 9.17) is 19.7 Å². The third-order valence-corrected chi connectivity index (χ3v) is 2.54. The predicted molar refractivity (Wildman–Crippen MR) is 72.3 cm³/mol. The molecule has 6 heteroatoms. The Labute approximate surface area is 116 Å². The summed E-state index contributed by atoms with van der Waals surface area (Å²) in [5, 5.41) is 0. The summed E-state index contributed by atoms with van der Waals surface area (Å²) in [6.45, 7) is 2.73. The fourth-order valence-electron chi connectivity index (χ4n) is 1.63. The molecule has 1 aromatic carbocycles. The lowest BCUT2D eigenvalue weighted by Crippen LogP contribution is -2.29. The molecule has 6 nitrogen and oxygen atoms in total. The van der Waals surface area contributed by atoms with Crippen molar-refractivity contribution in [3.05, 3.63) is 47.9 Å². The highest BCUT2D eigenvalue weighted by Crippen LogP contribution is 2.20. The normalized spacial score (nSPS) is 10.1. The zero-order chi connectivity index (χ0) is 14.4. The molecule has 0 saturated carbocycles. The van der Waals surface area contributed by atoms with Crippen LogP contribution in [0.15, 0.2) is 41.0 Å². The highest BCUT2D eigenvalue weighted by atomic mass is 16.5. The molecule has 0 unspecified atom stereocenters. The van der Waals surface area contributed by atoms with Crippen LogP contribution in [0.2, 0.25) is 0 Å². The molecule has 2 rings (SSSR count). The Kier molecular flexibility index (Phi) is 4.62. The first kappa shape index (κ1) is 14.0. The van der Waals surface area contributed by atoms with Crippen molar-refractivity contribution in [3.63, 3.8) is 0 Å². The van der Waals surface area contributed by atoms with E-state index >= 15 is 0 Å². The van der Waals surface area contributed by atoms with Gasteiger partial charge in [0.1, 0.15) is 30.1 Å². The highest BCUT2D eigenvalue weighted by molar-refractivity contribution is 5.93. The summed E-state index contributed by atoms with van der Waals surface area (Å²) in [7, 11) is 0. The van der Waals surface area contributed by atoms with Gasteiger partial charge >= 0.3 is 0 Å². The summed E-state index contributed by atoms with van der Waals surface area (Å²) in [6.07, 6.45) is 1.33. The fourth-order valence-corrected chi connectivity index (χ4v) is 1.63. The first-order chi connectivity index (χ1) is 9.72. The van der Waals surface area contributed by atoms with Gasteiger partial charge < -0.3 is 13.9 Å². The second-order valence-corrected chi connectivity index (χ2v) is 3.97. The number of hydrogen-bond donors (Lipinski definition) is 2. The minimum Gasteiger partial charge on any atom is -0.494 e. The van der Waals surface area contributed by atoms with E-state index in [9.17, 15) is 4.79 Å². The summed E-state index contributed by atoms with van der Waals surface area (Å²) in [6, 6.07) is 8.89. The molecule has 0 saturated heterocycles. The molecule has 0 bridgehead atoms. The Morgan fingerprint density at radius 1 is 1.30 bits per heavy atom. The van der Waals surface area contributed by atoms with Gasteiger partial charge in [-0.2, -0.15) is 0 Å². The highest BCUT2D eigenvalue weighted by Gasteiger charge is 2.09. The van der Waals surface area contributed by atoms with Crippen LogP contribution in [-0.2, 0) is 6.61 Å². The average molecular weight is 276 g/mol. The van der Waals surface area contributed by atoms with Crippen molar-refractivity contribution < 1.29 is 18.7 Å². The van der Waals surface area contributed by atoms with E-state index in [1.807, 2.05) is 30.5 Å². The van der Waals surface area contributed by atoms with E-state index in [-0.39, 0.29) is 6.61 Å². The maximum absolute atomic E-state index is 11.3. The first-order valence-electron chi connectivity index (χ1n) is 6.17. The van der Waals surface area contributed by atoms with Crippen molar-refractivity contribution in [2.24, 2.45) is 5.84 Å². The number of carbonyl (C=O) groups excluding carboxylic acids is 1. The molecule has 0 aliphatic carbocycles. The maximum Gasteiger partial charge on any atom is 0.268 e. The summed E-state index contributed by atoms with van der Waals surface area (Å²) in [4.78, 5) is 11.3. The zero-order valence-corrected chi connectivity index (χ0v) is 11.1. The molecule has 1 heterocycles. The number of hydrazine groups is 1. The lowest BCUT2D eigenvalue weighted by Gasteiger charge is -2.07. The van der Waals surface area contributed by atoms with Crippen LogP contribution in [0, 0.1) is 0 Å². The van der Waals surface area contributed by atoms with Gasteiger partial charge in [-0.3, -0.25) is 10.2 Å². The Morgan fingerprint density at radius 3 is 2.75 bits per heavy atom. The Bertz CT molecular complexity index is 580. The molecule has 20 heavy (non-hydrogen) atoms. The van der Waals surface area contributed by atoms with Gasteiger partial charge in [-0.05, 0) is 25.1 Å². The number of nitrogens with two attached hydrogens (primary N) is 1. The molecule has 1 aromatic heterocycles. The van der Waals surface area contributed by atoms with Crippen LogP contribution in [0.1, 0.15) is 23.0 Å². The number of furan rings is 1. The molecule has 0 aliphatic rings. The molecular formula is C14H16N2O4. The van der Waals surface area contributed by atoms with Crippen LogP contribution in [-0.4, -0.2) is 12.5 Å². The predicted octanol–water partition coefficient (Wildman–Crippen LogP) is 1.86. The van der Waals surface area contributed by atoms with Crippen LogP contribution in [0.25, 0.3) is 0 Å². The summed E-state index contributed by atoms with van der Waals surface area (Å²) in [5.41, 5.74) is 2.39. The molecule has 0 spiro atoms. The third-order valence-electron chi connectivity index (χ3n) is 2.54. The van der Waals surface area contributed by atoms with Gasteiger partial charge in [0.15, 0.2) is 0 Å². The Balaban J connectivity index is 1.96. The van der Waals surface area contributed by atoms with E-state index in [1.54, 1.807) is 12.1 Å². The molecule has 0 radical (unpaired) electrons. The number of nitrogen functional groups attached to an aromatic ring is 1. The number of nitrogens with one attached hydrogen (secondary N) is 1. The molecule has 3 N–H and O–H groups in total. The van der Waals surface area contributed by atoms with Gasteiger partial charge in [0.2, 0.25) is 0 Å². The van der Waals surface area contributed by atoms with Crippen LogP contribution in [0.4, 0.5) is 0 Å². The van der Waals surface area contributed by atoms with Crippen LogP contribution >= 0.6 is 0 Å². The SMILES string of the molecule is CCOc1cccc(OCc2cc(C(=O)NN)co2)c1. The van der Waals surface area contributed by atoms with E-state index in [0.717, 1.165) is 5.75 Å². The van der Waals surface area contributed by atoms with Gasteiger partial charge in [0, 0.05) is 6.07 Å². The number of rotatable bonds is 6. The standard InChI is InChI=1S/C14H16N2O4/c1-2-18-11-4-3-5-12(7-11)20-9-13-6-10(8-19-13)14(17)16-15/h3-8H,2,9,15H2,1H3,(H,16,17). The lowest BCUT2D eigenvalue weighted by molar-refractivity contribution is 0.0953. The molecule has 1 amide bonds. The second-order valence-electron chi connectivity index (χ2n) is 3.97. The van der Waals surface area contributed by atoms with Crippen molar-refractivity contribution >= 4 is 5.91 Å². The molecule has 0 atom stereocenters. The maximum atomic E-state index is 11.3. The van der Waals surface area contributed by atoms with Gasteiger partial charge in [-0.1, -0.05) is 6.07 Å². The van der Waals surface area contributed by atoms with Crippen molar-refractivity contribution in [3.8, 4) is 11.5 Å². The van der Waals surface area contributed by atoms with Crippen molar-refractivity contribution in [1.29, 1.82) is 0 Å². The quantitative estimate of drug-likeness (QED) is 0.478. The van der Waals surface area contributed by atoms with Crippen molar-refractivity contribution in [1.82, 2.24) is 5.43 Å². The molecule has 0 fully saturated rings. The molecular weight excluding hydrogens is 260 g/mol. The van der Waals surface area contributed by atoms with Gasteiger partial charge in [0.25, 0.3) is 5.91 Å². The number of benzene rings is 1. The van der Waals surface area contributed by atoms with Crippen LogP contribution in [0.3, 0.4) is 0 Å². The molecule has 2 aromatic rings. The fraction of sp³-hybridized carbons (Fsp3) is 0.214. The Morgan fingerprint density at radius 2 is 2.05 bits per heavy atom.